The van der Waals surface area contributed by atoms with Crippen molar-refractivity contribution in [2.24, 2.45) is 11.8 Å². The number of carbonyl (C=O) groups excluding carboxylic acids is 2. The molecule has 2 rings (SSSR count). The Morgan fingerprint density at radius 2 is 1.79 bits per heavy atom. The first kappa shape index (κ1) is 23.8. The third-order valence-corrected chi connectivity index (χ3v) is 6.21. The molecule has 0 spiro atoms. The number of halogens is 2. The van der Waals surface area contributed by atoms with Crippen molar-refractivity contribution in [2.75, 3.05) is 19.8 Å². The minimum absolute atomic E-state index is 0.0927. The van der Waals surface area contributed by atoms with Crippen molar-refractivity contribution in [3.05, 3.63) is 0 Å². The molecule has 2 fully saturated rings. The van der Waals surface area contributed by atoms with E-state index < -0.39 is 12.1 Å². The maximum Gasteiger partial charge on any atom is 0.456 e. The summed E-state index contributed by atoms with van der Waals surface area (Å²) in [5, 5.41) is 6.12. The van der Waals surface area contributed by atoms with Crippen LogP contribution in [0.25, 0.3) is 0 Å². The van der Waals surface area contributed by atoms with E-state index in [-0.39, 0.29) is 24.8 Å². The van der Waals surface area contributed by atoms with E-state index in [2.05, 4.69) is 27.0 Å². The lowest BCUT2D eigenvalue weighted by Crippen LogP contribution is -2.56. The molecule has 2 N–H and O–H groups in total. The quantitative estimate of drug-likeness (QED) is 0.386. The minimum Gasteiger partial charge on any atom is -0.460 e. The normalized spacial score (nSPS) is 26.6. The summed E-state index contributed by atoms with van der Waals surface area (Å²) in [5.41, 5.74) is -0.0927. The fourth-order valence-electron chi connectivity index (χ4n) is 4.81. The van der Waals surface area contributed by atoms with Crippen molar-refractivity contribution in [1.29, 1.82) is 0 Å². The molecule has 0 aromatic carbocycles. The molecule has 168 valence electrons. The van der Waals surface area contributed by atoms with Gasteiger partial charge in [0.2, 0.25) is 0 Å². The summed E-state index contributed by atoms with van der Waals surface area (Å²) in [4.78, 5) is 23.4. The fraction of sp³-hybridized carbons (Fsp3) is 0.905. The number of hydrogen-bond donors (Lipinski definition) is 2. The molecule has 8 heteroatoms. The molecule has 29 heavy (non-hydrogen) atoms. The molecule has 0 saturated heterocycles. The third-order valence-electron chi connectivity index (χ3n) is 6.21. The van der Waals surface area contributed by atoms with Crippen LogP contribution in [0, 0.1) is 11.8 Å². The van der Waals surface area contributed by atoms with Crippen LogP contribution in [0.5, 0.6) is 0 Å². The van der Waals surface area contributed by atoms with Gasteiger partial charge in [-0.15, -0.1) is 0 Å². The summed E-state index contributed by atoms with van der Waals surface area (Å²) < 4.78 is 35.2. The van der Waals surface area contributed by atoms with E-state index >= 15 is 0 Å². The largest absolute Gasteiger partial charge is 0.460 e. The third kappa shape index (κ3) is 7.39. The van der Waals surface area contributed by atoms with Crippen LogP contribution < -0.4 is 10.6 Å². The van der Waals surface area contributed by atoms with E-state index in [9.17, 15) is 18.4 Å². The van der Waals surface area contributed by atoms with Crippen molar-refractivity contribution < 1.29 is 27.8 Å². The van der Waals surface area contributed by atoms with Crippen molar-refractivity contribution in [2.45, 2.75) is 89.7 Å². The fourth-order valence-corrected chi connectivity index (χ4v) is 4.81. The Labute approximate surface area is 172 Å². The van der Waals surface area contributed by atoms with E-state index in [1.165, 1.54) is 32.6 Å². The van der Waals surface area contributed by atoms with Gasteiger partial charge in [-0.3, -0.25) is 0 Å². The van der Waals surface area contributed by atoms with Crippen LogP contribution in [-0.4, -0.2) is 43.4 Å². The number of amides is 2. The van der Waals surface area contributed by atoms with Crippen molar-refractivity contribution in [3.8, 4) is 0 Å². The number of hydrogen-bond acceptors (Lipinski definition) is 4. The predicted octanol–water partition coefficient (Wildman–Crippen LogP) is 4.38. The summed E-state index contributed by atoms with van der Waals surface area (Å²) in [6, 6.07) is -0.142. The van der Waals surface area contributed by atoms with Gasteiger partial charge in [-0.05, 0) is 63.7 Å². The number of carbonyl (C=O) groups is 2. The maximum absolute atomic E-state index is 13.3. The molecular weight excluding hydrogens is 382 g/mol. The topological polar surface area (TPSA) is 76.7 Å². The molecule has 0 aromatic heterocycles. The van der Waals surface area contributed by atoms with Gasteiger partial charge in [-0.25, -0.2) is 9.59 Å². The monoisotopic (exact) mass is 418 g/mol. The first-order valence-electron chi connectivity index (χ1n) is 11.0. The zero-order valence-electron chi connectivity index (χ0n) is 17.7. The molecule has 2 aliphatic rings. The van der Waals surface area contributed by atoms with Gasteiger partial charge < -0.3 is 20.1 Å². The SMILES string of the molecule is CCOC(=O)C(F)(F)OCCCCCNC(=O)NC1(CC)CC2CCCC(C2)C1. The Balaban J connectivity index is 1.59. The highest BCUT2D eigenvalue weighted by Gasteiger charge is 2.43. The van der Waals surface area contributed by atoms with Gasteiger partial charge in [-0.1, -0.05) is 26.2 Å². The lowest BCUT2D eigenvalue weighted by atomic mass is 9.64. The zero-order chi connectivity index (χ0) is 21.3. The molecule has 0 aliphatic heterocycles. The molecule has 2 atom stereocenters. The lowest BCUT2D eigenvalue weighted by molar-refractivity contribution is -0.250. The molecule has 0 heterocycles. The van der Waals surface area contributed by atoms with Crippen molar-refractivity contribution in [1.82, 2.24) is 10.6 Å². The average Bonchev–Trinajstić information content (AvgIpc) is 2.67. The molecule has 2 unspecified atom stereocenters. The van der Waals surface area contributed by atoms with E-state index in [0.717, 1.165) is 31.1 Å². The second-order valence-electron chi connectivity index (χ2n) is 8.47. The van der Waals surface area contributed by atoms with Crippen molar-refractivity contribution >= 4 is 12.0 Å². The van der Waals surface area contributed by atoms with Crippen LogP contribution in [-0.2, 0) is 14.3 Å². The van der Waals surface area contributed by atoms with E-state index in [1.54, 1.807) is 0 Å². The predicted molar refractivity (Wildman–Crippen MR) is 106 cm³/mol. The molecule has 2 amide bonds. The van der Waals surface area contributed by atoms with Crippen LogP contribution in [0.1, 0.15) is 78.1 Å². The van der Waals surface area contributed by atoms with E-state index in [0.29, 0.717) is 25.8 Å². The summed E-state index contributed by atoms with van der Waals surface area (Å²) >= 11 is 0. The average molecular weight is 419 g/mol. The molecule has 0 radical (unpaired) electrons. The van der Waals surface area contributed by atoms with Crippen LogP contribution in [0.15, 0.2) is 0 Å². The second-order valence-corrected chi connectivity index (χ2v) is 8.47. The molecule has 2 saturated carbocycles. The van der Waals surface area contributed by atoms with Gasteiger partial charge in [-0.2, -0.15) is 8.78 Å². The molecule has 2 aliphatic carbocycles. The number of ether oxygens (including phenoxy) is 2. The Kier molecular flexibility index (Phi) is 9.11. The van der Waals surface area contributed by atoms with Gasteiger partial charge in [0.25, 0.3) is 0 Å². The van der Waals surface area contributed by atoms with Crippen LogP contribution in [0.2, 0.25) is 0 Å². The number of nitrogens with one attached hydrogen (secondary N) is 2. The highest BCUT2D eigenvalue weighted by molar-refractivity contribution is 5.75. The van der Waals surface area contributed by atoms with Gasteiger partial charge in [0.15, 0.2) is 0 Å². The number of alkyl halides is 2. The lowest BCUT2D eigenvalue weighted by Gasteiger charge is -2.47. The van der Waals surface area contributed by atoms with E-state index in [4.69, 9.17) is 0 Å². The highest BCUT2D eigenvalue weighted by atomic mass is 19.3. The Morgan fingerprint density at radius 3 is 2.41 bits per heavy atom. The standard InChI is InChI=1S/C21H36F2N2O4/c1-3-20(14-16-9-8-10-17(13-16)15-20)25-19(27)24-11-6-5-7-12-29-21(22,23)18(26)28-4-2/h16-17H,3-15H2,1-2H3,(H2,24,25,27). The molecular formula is C21H36F2N2O4. The zero-order valence-corrected chi connectivity index (χ0v) is 17.7. The van der Waals surface area contributed by atoms with E-state index in [1.807, 2.05) is 0 Å². The molecule has 6 nitrogen and oxygen atoms in total. The maximum atomic E-state index is 13.3. The number of unbranched alkanes of at least 4 members (excludes halogenated alkanes) is 2. The van der Waals surface area contributed by atoms with Gasteiger partial charge >= 0.3 is 18.1 Å². The number of rotatable bonds is 11. The van der Waals surface area contributed by atoms with Crippen LogP contribution in [0.4, 0.5) is 13.6 Å². The molecule has 0 aromatic rings. The summed E-state index contributed by atoms with van der Waals surface area (Å²) in [7, 11) is 0. The summed E-state index contributed by atoms with van der Waals surface area (Å²) in [5.74, 6) is -0.194. The Hall–Kier alpha value is -1.44. The van der Waals surface area contributed by atoms with Crippen LogP contribution >= 0.6 is 0 Å². The first-order valence-corrected chi connectivity index (χ1v) is 11.0. The highest BCUT2D eigenvalue weighted by Crippen LogP contribution is 2.45. The van der Waals surface area contributed by atoms with Crippen molar-refractivity contribution in [3.63, 3.8) is 0 Å². The second kappa shape index (κ2) is 11.1. The molecule has 2 bridgehead atoms. The van der Waals surface area contributed by atoms with Gasteiger partial charge in [0.1, 0.15) is 0 Å². The first-order chi connectivity index (χ1) is 13.8. The Bertz CT molecular complexity index is 533. The van der Waals surface area contributed by atoms with Crippen LogP contribution in [0.3, 0.4) is 0 Å². The Morgan fingerprint density at radius 1 is 1.10 bits per heavy atom. The smallest absolute Gasteiger partial charge is 0.456 e. The number of fused-ring (bicyclic) bond motifs is 2. The van der Waals surface area contributed by atoms with Gasteiger partial charge in [0.05, 0.1) is 13.2 Å². The van der Waals surface area contributed by atoms with Gasteiger partial charge in [0, 0.05) is 12.1 Å². The summed E-state index contributed by atoms with van der Waals surface area (Å²) in [6.45, 7) is 3.73. The minimum atomic E-state index is -3.90. The summed E-state index contributed by atoms with van der Waals surface area (Å²) in [6.07, 6.45) is 6.00. The number of esters is 1. The number of urea groups is 1.